The molecule has 4 rings (SSSR count). The summed E-state index contributed by atoms with van der Waals surface area (Å²) >= 11 is 0. The highest BCUT2D eigenvalue weighted by molar-refractivity contribution is 5.94. The molecule has 2 aromatic carbocycles. The van der Waals surface area contributed by atoms with Crippen LogP contribution in [0.1, 0.15) is 5.56 Å². The standard InChI is InChI=1S/C21H23N3O2/c1-15-17-5-3-4-6-18(17)19-8-7-16(13-20(19)26-15)22-21(25)14-24-11-9-23(2)10-12-24/h3-8,13H,1,9-12,14H2,2H3,(H,22,25). The van der Waals surface area contributed by atoms with Crippen LogP contribution in [0.3, 0.4) is 0 Å². The molecule has 5 nitrogen and oxygen atoms in total. The van der Waals surface area contributed by atoms with Crippen LogP contribution in [0.5, 0.6) is 5.75 Å². The molecule has 2 heterocycles. The van der Waals surface area contributed by atoms with Crippen molar-refractivity contribution in [3.63, 3.8) is 0 Å². The number of hydrogen-bond acceptors (Lipinski definition) is 4. The zero-order valence-corrected chi connectivity index (χ0v) is 15.0. The van der Waals surface area contributed by atoms with Crippen molar-refractivity contribution in [3.8, 4) is 16.9 Å². The second-order valence-corrected chi connectivity index (χ2v) is 6.91. The van der Waals surface area contributed by atoms with Gasteiger partial charge in [-0.25, -0.2) is 0 Å². The molecule has 0 radical (unpaired) electrons. The van der Waals surface area contributed by atoms with E-state index >= 15 is 0 Å². The lowest BCUT2D eigenvalue weighted by molar-refractivity contribution is -0.117. The average molecular weight is 349 g/mol. The van der Waals surface area contributed by atoms with Crippen molar-refractivity contribution in [1.29, 1.82) is 0 Å². The van der Waals surface area contributed by atoms with E-state index in [0.717, 1.165) is 54.3 Å². The number of hydrogen-bond donors (Lipinski definition) is 1. The minimum absolute atomic E-state index is 0.00420. The molecular formula is C21H23N3O2. The molecule has 0 aromatic heterocycles. The van der Waals surface area contributed by atoms with Gasteiger partial charge in [0.1, 0.15) is 11.5 Å². The van der Waals surface area contributed by atoms with E-state index in [1.165, 1.54) is 0 Å². The molecule has 0 bridgehead atoms. The molecule has 0 saturated carbocycles. The van der Waals surface area contributed by atoms with Gasteiger partial charge in [0.2, 0.25) is 5.91 Å². The van der Waals surface area contributed by atoms with Crippen LogP contribution in [0.15, 0.2) is 49.0 Å². The second kappa shape index (κ2) is 6.94. The fourth-order valence-corrected chi connectivity index (χ4v) is 3.47. The van der Waals surface area contributed by atoms with Crippen LogP contribution >= 0.6 is 0 Å². The van der Waals surface area contributed by atoms with Crippen molar-refractivity contribution < 1.29 is 9.53 Å². The molecule has 0 spiro atoms. The number of ether oxygens (including phenoxy) is 1. The predicted molar refractivity (Wildman–Crippen MR) is 104 cm³/mol. The van der Waals surface area contributed by atoms with Gasteiger partial charge in [-0.05, 0) is 24.7 Å². The van der Waals surface area contributed by atoms with Gasteiger partial charge >= 0.3 is 0 Å². The Bertz CT molecular complexity index is 854. The van der Waals surface area contributed by atoms with Crippen LogP contribution in [0.2, 0.25) is 0 Å². The third kappa shape index (κ3) is 3.36. The van der Waals surface area contributed by atoms with Gasteiger partial charge in [0.05, 0.1) is 6.54 Å². The Balaban J connectivity index is 1.47. The number of rotatable bonds is 3. The monoisotopic (exact) mass is 349 g/mol. The smallest absolute Gasteiger partial charge is 0.238 e. The molecule has 1 N–H and O–H groups in total. The summed E-state index contributed by atoms with van der Waals surface area (Å²) in [6, 6.07) is 13.8. The van der Waals surface area contributed by atoms with Crippen molar-refractivity contribution in [2.45, 2.75) is 0 Å². The SMILES string of the molecule is C=C1Oc2cc(NC(=O)CN3CCN(C)CC3)ccc2-c2ccccc21. The molecule has 1 amide bonds. The first-order valence-electron chi connectivity index (χ1n) is 8.91. The van der Waals surface area contributed by atoms with Gasteiger partial charge in [0.15, 0.2) is 0 Å². The minimum Gasteiger partial charge on any atom is -0.457 e. The Labute approximate surface area is 153 Å². The van der Waals surface area contributed by atoms with E-state index in [-0.39, 0.29) is 5.91 Å². The summed E-state index contributed by atoms with van der Waals surface area (Å²) in [6.45, 7) is 8.28. The molecule has 1 saturated heterocycles. The molecule has 5 heteroatoms. The highest BCUT2D eigenvalue weighted by Crippen LogP contribution is 2.42. The number of amides is 1. The molecule has 2 aliphatic heterocycles. The first-order chi connectivity index (χ1) is 12.6. The topological polar surface area (TPSA) is 44.8 Å². The molecule has 0 aliphatic carbocycles. The first-order valence-corrected chi connectivity index (χ1v) is 8.91. The maximum Gasteiger partial charge on any atom is 0.238 e. The third-order valence-corrected chi connectivity index (χ3v) is 4.98. The Morgan fingerprint density at radius 1 is 1.08 bits per heavy atom. The van der Waals surface area contributed by atoms with E-state index < -0.39 is 0 Å². The summed E-state index contributed by atoms with van der Waals surface area (Å²) in [5.41, 5.74) is 3.88. The van der Waals surface area contributed by atoms with Crippen molar-refractivity contribution in [2.24, 2.45) is 0 Å². The van der Waals surface area contributed by atoms with Gasteiger partial charge in [0.25, 0.3) is 0 Å². The number of nitrogens with zero attached hydrogens (tertiary/aromatic N) is 2. The molecule has 26 heavy (non-hydrogen) atoms. The fourth-order valence-electron chi connectivity index (χ4n) is 3.47. The lowest BCUT2D eigenvalue weighted by atomic mass is 9.95. The normalized spacial score (nSPS) is 17.2. The van der Waals surface area contributed by atoms with Gasteiger partial charge in [-0.15, -0.1) is 0 Å². The van der Waals surface area contributed by atoms with Crippen molar-refractivity contribution in [2.75, 3.05) is 45.1 Å². The van der Waals surface area contributed by atoms with Crippen LogP contribution in [-0.2, 0) is 4.79 Å². The summed E-state index contributed by atoms with van der Waals surface area (Å²) < 4.78 is 5.88. The summed E-state index contributed by atoms with van der Waals surface area (Å²) in [5, 5.41) is 2.99. The lowest BCUT2D eigenvalue weighted by Crippen LogP contribution is -2.47. The number of benzene rings is 2. The van der Waals surface area contributed by atoms with Crippen LogP contribution in [0.25, 0.3) is 16.9 Å². The molecule has 0 unspecified atom stereocenters. The van der Waals surface area contributed by atoms with E-state index in [1.54, 1.807) is 0 Å². The Kier molecular flexibility index (Phi) is 4.49. The molecule has 2 aliphatic rings. The molecule has 1 fully saturated rings. The fraction of sp³-hybridized carbons (Fsp3) is 0.286. The Morgan fingerprint density at radius 2 is 1.81 bits per heavy atom. The Hall–Kier alpha value is -2.63. The quantitative estimate of drug-likeness (QED) is 0.925. The number of nitrogens with one attached hydrogen (secondary N) is 1. The van der Waals surface area contributed by atoms with Gasteiger partial charge in [-0.3, -0.25) is 9.69 Å². The largest absolute Gasteiger partial charge is 0.457 e. The number of carbonyl (C=O) groups excluding carboxylic acids is 1. The van der Waals surface area contributed by atoms with Crippen molar-refractivity contribution in [3.05, 3.63) is 54.6 Å². The average Bonchev–Trinajstić information content (AvgIpc) is 2.64. The highest BCUT2D eigenvalue weighted by Gasteiger charge is 2.21. The molecular weight excluding hydrogens is 326 g/mol. The van der Waals surface area contributed by atoms with E-state index in [1.807, 2.05) is 36.4 Å². The second-order valence-electron chi connectivity index (χ2n) is 6.91. The maximum atomic E-state index is 12.4. The number of likely N-dealkylation sites (N-methyl/N-ethyl adjacent to an activating group) is 1. The minimum atomic E-state index is 0.00420. The van der Waals surface area contributed by atoms with Crippen molar-refractivity contribution >= 4 is 17.4 Å². The van der Waals surface area contributed by atoms with E-state index in [2.05, 4.69) is 34.8 Å². The van der Waals surface area contributed by atoms with Crippen LogP contribution in [0.4, 0.5) is 5.69 Å². The van der Waals surface area contributed by atoms with Crippen molar-refractivity contribution in [1.82, 2.24) is 9.80 Å². The van der Waals surface area contributed by atoms with E-state index in [0.29, 0.717) is 12.3 Å². The van der Waals surface area contributed by atoms with Gasteiger partial charge in [-0.2, -0.15) is 0 Å². The zero-order valence-electron chi connectivity index (χ0n) is 15.0. The van der Waals surface area contributed by atoms with Gasteiger partial charge in [0, 0.05) is 49.1 Å². The predicted octanol–water partition coefficient (Wildman–Crippen LogP) is 2.90. The third-order valence-electron chi connectivity index (χ3n) is 4.98. The van der Waals surface area contributed by atoms with Gasteiger partial charge in [-0.1, -0.05) is 30.8 Å². The summed E-state index contributed by atoms with van der Waals surface area (Å²) in [6.07, 6.45) is 0. The van der Waals surface area contributed by atoms with Crippen LogP contribution in [0, 0.1) is 0 Å². The van der Waals surface area contributed by atoms with Crippen LogP contribution < -0.4 is 10.1 Å². The summed E-state index contributed by atoms with van der Waals surface area (Å²) in [5.74, 6) is 1.37. The summed E-state index contributed by atoms with van der Waals surface area (Å²) in [7, 11) is 2.11. The Morgan fingerprint density at radius 3 is 2.58 bits per heavy atom. The summed E-state index contributed by atoms with van der Waals surface area (Å²) in [4.78, 5) is 16.8. The molecule has 134 valence electrons. The van der Waals surface area contributed by atoms with E-state index in [4.69, 9.17) is 4.74 Å². The van der Waals surface area contributed by atoms with E-state index in [9.17, 15) is 4.79 Å². The zero-order chi connectivity index (χ0) is 18.1. The molecule has 0 atom stereocenters. The number of fused-ring (bicyclic) bond motifs is 3. The first kappa shape index (κ1) is 16.8. The molecule has 2 aromatic rings. The van der Waals surface area contributed by atoms with Gasteiger partial charge < -0.3 is 15.0 Å². The number of piperazine rings is 1. The number of anilines is 1. The maximum absolute atomic E-state index is 12.4. The van der Waals surface area contributed by atoms with Crippen LogP contribution in [-0.4, -0.2) is 55.5 Å². The highest BCUT2D eigenvalue weighted by atomic mass is 16.5. The lowest BCUT2D eigenvalue weighted by Gasteiger charge is -2.31. The number of carbonyl (C=O) groups is 1.